The Morgan fingerprint density at radius 3 is 0.770 bits per heavy atom. The van der Waals surface area contributed by atoms with Gasteiger partial charge in [-0.1, -0.05) is 46.8 Å². The molecule has 630 valence electrons. The predicted molar refractivity (Wildman–Crippen MR) is 383 cm³/mol. The lowest BCUT2D eigenvalue weighted by atomic mass is 9.64. The Hall–Kier alpha value is -11.9. The fraction of sp³-hybridized carbons (Fsp3) is 0.560. The average molecular weight is 1610 g/mol. The molecule has 0 heterocycles. The van der Waals surface area contributed by atoms with Crippen LogP contribution in [0.25, 0.3) is 0 Å². The number of benzene rings is 2. The average Bonchev–Trinajstić information content (AvgIpc) is 1.66. The Labute approximate surface area is 652 Å². The zero-order chi connectivity index (χ0) is 87.6. The molecule has 38 nitrogen and oxygen atoms in total. The van der Waals surface area contributed by atoms with Gasteiger partial charge in [0.15, 0.2) is 0 Å². The van der Waals surface area contributed by atoms with Gasteiger partial charge in [-0.2, -0.15) is 0 Å². The first-order valence-electron chi connectivity index (χ1n) is 34.1. The smallest absolute Gasteiger partial charge is 0.339 e. The summed E-state index contributed by atoms with van der Waals surface area (Å²) in [4.78, 5) is 226. The number of methoxy groups -OCH3 is 19. The molecule has 3 fully saturated rings. The third kappa shape index (κ3) is 26.7. The van der Waals surface area contributed by atoms with Crippen LogP contribution in [0, 0.1) is 71.0 Å². The van der Waals surface area contributed by atoms with Gasteiger partial charge in [0.2, 0.25) is 0 Å². The molecular weight excluding hydrogens is 1510 g/mol. The quantitative estimate of drug-likeness (QED) is 0.0907. The second kappa shape index (κ2) is 52.3. The first-order valence-corrected chi connectivity index (χ1v) is 34.1. The van der Waals surface area contributed by atoms with E-state index in [1.165, 1.54) is 42.7 Å². The number of ether oxygens (including phenoxy) is 19. The van der Waals surface area contributed by atoms with Gasteiger partial charge >= 0.3 is 113 Å². The van der Waals surface area contributed by atoms with Crippen LogP contribution in [0.2, 0.25) is 0 Å². The van der Waals surface area contributed by atoms with Gasteiger partial charge < -0.3 is 90.0 Å². The summed E-state index contributed by atoms with van der Waals surface area (Å²) >= 11 is 0. The summed E-state index contributed by atoms with van der Waals surface area (Å²) in [6.45, 7) is 13.9. The number of esters is 19. The molecule has 3 saturated carbocycles. The zero-order valence-electron chi connectivity index (χ0n) is 67.7. The van der Waals surface area contributed by atoms with Gasteiger partial charge in [0.05, 0.1) is 245 Å². The van der Waals surface area contributed by atoms with E-state index in [1.54, 1.807) is 0 Å². The lowest BCUT2D eigenvalue weighted by Gasteiger charge is -2.39. The van der Waals surface area contributed by atoms with Gasteiger partial charge in [-0.25, -0.2) is 38.4 Å². The number of hydrogen-bond acceptors (Lipinski definition) is 38. The van der Waals surface area contributed by atoms with Crippen LogP contribution >= 0.6 is 0 Å². The number of carbonyl (C=O) groups is 19. The number of carbonyl (C=O) groups excluding carboxylic acids is 19. The van der Waals surface area contributed by atoms with Gasteiger partial charge in [0, 0.05) is 0 Å². The van der Waals surface area contributed by atoms with Gasteiger partial charge in [-0.3, -0.25) is 52.7 Å². The molecule has 3 aliphatic carbocycles. The van der Waals surface area contributed by atoms with E-state index >= 15 is 0 Å². The van der Waals surface area contributed by atoms with Crippen molar-refractivity contribution in [1.82, 2.24) is 0 Å². The lowest BCUT2D eigenvalue weighted by Crippen LogP contribution is -2.47. The van der Waals surface area contributed by atoms with E-state index in [9.17, 15) is 91.1 Å². The standard InChI is InChI=1S/C16H24O6.C14H20O8.2C14H14O8.C13H18O8.2C2H6/c1-6-9(2)10-7-8-11(14(17)20-3)13(16(19)22-5)12(10)15(18)21-4;2*1-19-11(15)7-5-8(12(16)20-2)10(14(18)22-4)9(6-7)13(17)21-3;1-19-11(15)7-5-6-8(12(16)20-2)10(14(18)22-4)9(7)13(17)21-3;1-18-10(14)6-5-7(11(15)19-2)9(13(17)21-4)8(6)12(16)20-3;2*1-2/h10-13H,2,6-8H2,1,3-5H3;7-10H,5-6H2,1-4H3;2*5-6H,1-4H3;6-9H,5H2,1-4H3;2*1-2H3. The maximum absolute atomic E-state index is 12.3. The fourth-order valence-electron chi connectivity index (χ4n) is 12.4. The van der Waals surface area contributed by atoms with Crippen molar-refractivity contribution in [1.29, 1.82) is 0 Å². The fourth-order valence-corrected chi connectivity index (χ4v) is 12.4. The van der Waals surface area contributed by atoms with E-state index in [0.717, 1.165) is 122 Å². The van der Waals surface area contributed by atoms with E-state index in [2.05, 4.69) is 77.6 Å². The molecule has 0 amide bonds. The molecule has 0 saturated heterocycles. The van der Waals surface area contributed by atoms with Crippen LogP contribution in [0.4, 0.5) is 0 Å². The van der Waals surface area contributed by atoms with Crippen LogP contribution in [-0.2, 0) is 143 Å². The first kappa shape index (κ1) is 103. The molecule has 3 aliphatic rings. The summed E-state index contributed by atoms with van der Waals surface area (Å²) in [6, 6.07) is 4.49. The largest absolute Gasteiger partial charge is 0.469 e. The number of allylic oxidation sites excluding steroid dienone is 1. The van der Waals surface area contributed by atoms with Crippen LogP contribution in [0.3, 0.4) is 0 Å². The van der Waals surface area contributed by atoms with Gasteiger partial charge in [-0.05, 0) is 68.7 Å². The molecule has 0 N–H and O–H groups in total. The first-order chi connectivity index (χ1) is 53.6. The molecule has 113 heavy (non-hydrogen) atoms. The summed E-state index contributed by atoms with van der Waals surface area (Å²) in [6.07, 6.45) is 1.77. The molecule has 0 aliphatic heterocycles. The third-order valence-corrected chi connectivity index (χ3v) is 17.7. The van der Waals surface area contributed by atoms with Crippen LogP contribution < -0.4 is 0 Å². The van der Waals surface area contributed by atoms with E-state index in [-0.39, 0.29) is 58.6 Å². The highest BCUT2D eigenvalue weighted by Gasteiger charge is 2.58. The molecule has 38 heteroatoms. The topological polar surface area (TPSA) is 500 Å². The summed E-state index contributed by atoms with van der Waals surface area (Å²) in [5.41, 5.74) is -1.54. The van der Waals surface area contributed by atoms with Crippen LogP contribution in [-0.4, -0.2) is 249 Å². The summed E-state index contributed by atoms with van der Waals surface area (Å²) < 4.78 is 88.2. The van der Waals surface area contributed by atoms with Crippen molar-refractivity contribution in [3.8, 4) is 0 Å². The molecule has 0 radical (unpaired) electrons. The molecule has 2 aromatic rings. The second-order valence-corrected chi connectivity index (χ2v) is 22.8. The zero-order valence-corrected chi connectivity index (χ0v) is 67.7. The highest BCUT2D eigenvalue weighted by atomic mass is 16.6. The molecule has 10 atom stereocenters. The third-order valence-electron chi connectivity index (χ3n) is 17.7. The summed E-state index contributed by atoms with van der Waals surface area (Å²) in [5.74, 6) is -25.0. The van der Waals surface area contributed by atoms with Crippen LogP contribution in [0.5, 0.6) is 0 Å². The van der Waals surface area contributed by atoms with Crippen molar-refractivity contribution in [3.05, 3.63) is 80.9 Å². The Morgan fingerprint density at radius 1 is 0.265 bits per heavy atom. The molecule has 0 spiro atoms. The van der Waals surface area contributed by atoms with E-state index in [0.29, 0.717) is 19.3 Å². The summed E-state index contributed by atoms with van der Waals surface area (Å²) in [5, 5.41) is 0. The van der Waals surface area contributed by atoms with Crippen molar-refractivity contribution >= 4 is 113 Å². The van der Waals surface area contributed by atoms with Crippen molar-refractivity contribution in [2.45, 2.75) is 73.1 Å². The van der Waals surface area contributed by atoms with Crippen molar-refractivity contribution < 1.29 is 181 Å². The Bertz CT molecular complexity index is 3510. The van der Waals surface area contributed by atoms with E-state index < -0.39 is 190 Å². The van der Waals surface area contributed by atoms with Crippen molar-refractivity contribution in [2.75, 3.05) is 135 Å². The summed E-state index contributed by atoms with van der Waals surface area (Å²) in [7, 11) is 21.8. The monoisotopic (exact) mass is 1610 g/mol. The van der Waals surface area contributed by atoms with Crippen LogP contribution in [0.1, 0.15) is 156 Å². The maximum atomic E-state index is 12.3. The Balaban J connectivity index is 0. The van der Waals surface area contributed by atoms with Crippen LogP contribution in [0.15, 0.2) is 36.4 Å². The predicted octanol–water partition coefficient (Wildman–Crippen LogP) is 4.93. The molecule has 0 bridgehead atoms. The minimum Gasteiger partial charge on any atom is -0.469 e. The molecule has 5 rings (SSSR count). The van der Waals surface area contributed by atoms with Crippen molar-refractivity contribution in [3.63, 3.8) is 0 Å². The SMILES string of the molecule is C=C(CC)C1CCC(C(=O)OC)C(C(=O)OC)C1C(=O)OC.CC.CC.COC(=O)C1CC(C(=O)OC)C(C(=O)OC)C(C(=O)OC)C1.COC(=O)C1CC(C(=O)OC)C(C(=O)OC)C1C(=O)OC.COC(=O)c1cc(C(=O)OC)c(C(=O)OC)c(C(=O)OC)c1.COC(=O)c1ccc(C(=O)OC)c(C(=O)OC)c1C(=O)OC. The van der Waals surface area contributed by atoms with E-state index in [4.69, 9.17) is 18.9 Å². The molecule has 2 aromatic carbocycles. The Kier molecular flexibility index (Phi) is 47.8. The maximum Gasteiger partial charge on any atom is 0.339 e. The highest BCUT2D eigenvalue weighted by Crippen LogP contribution is 2.46. The number of rotatable bonds is 21. The number of hydrogen-bond donors (Lipinski definition) is 0. The minimum atomic E-state index is -1.14. The molecule has 0 aromatic heterocycles. The van der Waals surface area contributed by atoms with E-state index in [1.807, 2.05) is 34.6 Å². The van der Waals surface area contributed by atoms with Gasteiger partial charge in [-0.15, -0.1) is 0 Å². The Morgan fingerprint density at radius 2 is 0.496 bits per heavy atom. The van der Waals surface area contributed by atoms with Crippen molar-refractivity contribution in [2.24, 2.45) is 71.0 Å². The molecular formula is C75H102O38. The minimum absolute atomic E-state index is 0.0428. The normalized spacial score (nSPS) is 19.7. The highest BCUT2D eigenvalue weighted by molar-refractivity contribution is 6.15. The van der Waals surface area contributed by atoms with Gasteiger partial charge in [0.1, 0.15) is 0 Å². The van der Waals surface area contributed by atoms with Gasteiger partial charge in [0.25, 0.3) is 0 Å². The lowest BCUT2D eigenvalue weighted by molar-refractivity contribution is -0.173. The molecule has 10 unspecified atom stereocenters. The second-order valence-electron chi connectivity index (χ2n) is 22.8.